The number of fused-ring (bicyclic) bond motifs is 1. The lowest BCUT2D eigenvalue weighted by Crippen LogP contribution is -2.55. The summed E-state index contributed by atoms with van der Waals surface area (Å²) in [5.74, 6) is 0.841. The highest BCUT2D eigenvalue weighted by Crippen LogP contribution is 2.33. The highest BCUT2D eigenvalue weighted by molar-refractivity contribution is 7.86. The largest absolute Gasteiger partial charge is 0.355 e. The fourth-order valence-corrected chi connectivity index (χ4v) is 5.62. The molecule has 2 fully saturated rings. The van der Waals surface area contributed by atoms with E-state index in [1.165, 1.54) is 6.33 Å². The zero-order chi connectivity index (χ0) is 18.5. The van der Waals surface area contributed by atoms with Crippen LogP contribution >= 0.6 is 11.6 Å². The van der Waals surface area contributed by atoms with Gasteiger partial charge in [-0.25, -0.2) is 14.6 Å². The predicted octanol–water partition coefficient (Wildman–Crippen LogP) is 1.72. The van der Waals surface area contributed by atoms with Gasteiger partial charge in [-0.2, -0.15) is 17.8 Å². The molecule has 1 aliphatic heterocycles. The van der Waals surface area contributed by atoms with Gasteiger partial charge in [-0.1, -0.05) is 18.0 Å². The van der Waals surface area contributed by atoms with Gasteiger partial charge in [0.15, 0.2) is 5.82 Å². The van der Waals surface area contributed by atoms with E-state index in [0.717, 1.165) is 62.1 Å². The molecule has 0 radical (unpaired) electrons. The average Bonchev–Trinajstić information content (AvgIpc) is 2.85. The van der Waals surface area contributed by atoms with Crippen LogP contribution in [0.5, 0.6) is 0 Å². The van der Waals surface area contributed by atoms with Gasteiger partial charge in [-0.05, 0) is 44.2 Å². The molecule has 26 heavy (non-hydrogen) atoms. The zero-order valence-electron chi connectivity index (χ0n) is 14.7. The summed E-state index contributed by atoms with van der Waals surface area (Å²) in [6.07, 6.45) is 5.86. The molecule has 2 aromatic rings. The van der Waals surface area contributed by atoms with Crippen molar-refractivity contribution < 1.29 is 8.42 Å². The van der Waals surface area contributed by atoms with Gasteiger partial charge in [-0.15, -0.1) is 0 Å². The van der Waals surface area contributed by atoms with Crippen molar-refractivity contribution in [3.8, 4) is 0 Å². The molecule has 0 atom stereocenters. The number of anilines is 1. The van der Waals surface area contributed by atoms with Crippen LogP contribution in [-0.2, 0) is 10.2 Å². The van der Waals surface area contributed by atoms with Crippen LogP contribution in [0.15, 0.2) is 12.4 Å². The number of aryl methyl sites for hydroxylation is 1. The standard InChI is InChI=1S/C16H23ClN6O2S/c1-11-9-14(17)22-15(11)16(19-10-20-22)21-7-5-13(6-8-21)23(26(18,24)25)12-3-2-4-12/h9-10,12-13H,2-8H2,1H3,(H2,18,24,25). The Labute approximate surface area is 158 Å². The molecule has 2 aliphatic rings. The van der Waals surface area contributed by atoms with E-state index in [0.29, 0.717) is 5.15 Å². The van der Waals surface area contributed by atoms with Gasteiger partial charge in [0, 0.05) is 25.2 Å². The smallest absolute Gasteiger partial charge is 0.277 e. The summed E-state index contributed by atoms with van der Waals surface area (Å²) >= 11 is 6.23. The van der Waals surface area contributed by atoms with Crippen molar-refractivity contribution in [2.45, 2.75) is 51.1 Å². The number of hydrogen-bond acceptors (Lipinski definition) is 5. The van der Waals surface area contributed by atoms with Crippen LogP contribution in [0.4, 0.5) is 5.82 Å². The highest BCUT2D eigenvalue weighted by atomic mass is 35.5. The molecule has 2 aromatic heterocycles. The van der Waals surface area contributed by atoms with Gasteiger partial charge in [0.25, 0.3) is 10.2 Å². The van der Waals surface area contributed by atoms with E-state index in [1.807, 2.05) is 13.0 Å². The van der Waals surface area contributed by atoms with Crippen molar-refractivity contribution in [2.24, 2.45) is 5.14 Å². The number of aromatic nitrogens is 3. The molecular weight excluding hydrogens is 376 g/mol. The Kier molecular flexibility index (Phi) is 4.58. The maximum atomic E-state index is 12.1. The summed E-state index contributed by atoms with van der Waals surface area (Å²) in [5.41, 5.74) is 1.92. The second-order valence-electron chi connectivity index (χ2n) is 7.17. The van der Waals surface area contributed by atoms with E-state index in [4.69, 9.17) is 16.7 Å². The lowest BCUT2D eigenvalue weighted by molar-refractivity contribution is 0.154. The van der Waals surface area contributed by atoms with Crippen molar-refractivity contribution in [1.29, 1.82) is 0 Å². The monoisotopic (exact) mass is 398 g/mol. The molecule has 1 saturated heterocycles. The minimum absolute atomic E-state index is 0.0409. The van der Waals surface area contributed by atoms with Crippen molar-refractivity contribution >= 4 is 33.1 Å². The summed E-state index contributed by atoms with van der Waals surface area (Å²) in [7, 11) is -3.68. The number of nitrogens with zero attached hydrogens (tertiary/aromatic N) is 5. The van der Waals surface area contributed by atoms with Crippen molar-refractivity contribution in [3.63, 3.8) is 0 Å². The first-order valence-electron chi connectivity index (χ1n) is 8.91. The van der Waals surface area contributed by atoms with E-state index < -0.39 is 10.2 Å². The van der Waals surface area contributed by atoms with E-state index in [9.17, 15) is 8.42 Å². The maximum Gasteiger partial charge on any atom is 0.277 e. The third kappa shape index (κ3) is 3.06. The maximum absolute atomic E-state index is 12.1. The molecule has 4 rings (SSSR count). The molecule has 0 spiro atoms. The SMILES string of the molecule is Cc1cc(Cl)n2ncnc(N3CCC(N(C4CCC4)S(N)(=O)=O)CC3)c12. The van der Waals surface area contributed by atoms with Crippen LogP contribution in [0, 0.1) is 6.92 Å². The summed E-state index contributed by atoms with van der Waals surface area (Å²) in [5, 5.41) is 10.3. The van der Waals surface area contributed by atoms with Gasteiger partial charge in [-0.3, -0.25) is 0 Å². The van der Waals surface area contributed by atoms with Crippen LogP contribution in [0.3, 0.4) is 0 Å². The summed E-state index contributed by atoms with van der Waals surface area (Å²) in [6.45, 7) is 3.43. The molecular formula is C16H23ClN6O2S. The Morgan fingerprint density at radius 2 is 1.88 bits per heavy atom. The second kappa shape index (κ2) is 6.63. The fraction of sp³-hybridized carbons (Fsp3) is 0.625. The lowest BCUT2D eigenvalue weighted by Gasteiger charge is -2.43. The van der Waals surface area contributed by atoms with E-state index in [-0.39, 0.29) is 12.1 Å². The number of nitrogens with two attached hydrogens (primary N) is 1. The number of halogens is 1. The van der Waals surface area contributed by atoms with Crippen LogP contribution < -0.4 is 10.0 Å². The Hall–Kier alpha value is -1.42. The third-order valence-electron chi connectivity index (χ3n) is 5.53. The van der Waals surface area contributed by atoms with Crippen LogP contribution in [0.1, 0.15) is 37.7 Å². The van der Waals surface area contributed by atoms with Gasteiger partial charge < -0.3 is 4.90 Å². The minimum atomic E-state index is -3.68. The van der Waals surface area contributed by atoms with Crippen molar-refractivity contribution in [2.75, 3.05) is 18.0 Å². The molecule has 0 amide bonds. The minimum Gasteiger partial charge on any atom is -0.355 e. The van der Waals surface area contributed by atoms with Gasteiger partial charge in [0.05, 0.1) is 0 Å². The summed E-state index contributed by atoms with van der Waals surface area (Å²) in [4.78, 5) is 6.64. The average molecular weight is 399 g/mol. The Bertz CT molecular complexity index is 918. The highest BCUT2D eigenvalue weighted by Gasteiger charge is 2.39. The molecule has 3 heterocycles. The van der Waals surface area contributed by atoms with Gasteiger partial charge in [0.1, 0.15) is 17.0 Å². The first-order chi connectivity index (χ1) is 12.4. The fourth-order valence-electron chi connectivity index (χ4n) is 4.08. The topological polar surface area (TPSA) is 96.8 Å². The van der Waals surface area contributed by atoms with Crippen LogP contribution in [0.25, 0.3) is 5.52 Å². The Balaban J connectivity index is 1.55. The molecule has 0 unspecified atom stereocenters. The second-order valence-corrected chi connectivity index (χ2v) is 9.01. The number of rotatable bonds is 4. The molecule has 8 nitrogen and oxygen atoms in total. The first kappa shape index (κ1) is 18.0. The number of piperidine rings is 1. The molecule has 0 aromatic carbocycles. The Morgan fingerprint density at radius 3 is 2.46 bits per heavy atom. The van der Waals surface area contributed by atoms with Crippen LogP contribution in [0.2, 0.25) is 5.15 Å². The third-order valence-corrected chi connectivity index (χ3v) is 6.99. The molecule has 2 N–H and O–H groups in total. The quantitative estimate of drug-likeness (QED) is 0.845. The van der Waals surface area contributed by atoms with Crippen LogP contribution in [-0.4, -0.2) is 52.5 Å². The van der Waals surface area contributed by atoms with E-state index in [2.05, 4.69) is 15.0 Å². The van der Waals surface area contributed by atoms with Crippen molar-refractivity contribution in [3.05, 3.63) is 23.1 Å². The Morgan fingerprint density at radius 1 is 1.23 bits per heavy atom. The summed E-state index contributed by atoms with van der Waals surface area (Å²) in [6, 6.07) is 1.90. The normalized spacial score (nSPS) is 20.1. The molecule has 0 bridgehead atoms. The molecule has 1 saturated carbocycles. The van der Waals surface area contributed by atoms with E-state index >= 15 is 0 Å². The van der Waals surface area contributed by atoms with E-state index in [1.54, 1.807) is 8.82 Å². The summed E-state index contributed by atoms with van der Waals surface area (Å²) < 4.78 is 27.4. The van der Waals surface area contributed by atoms with Gasteiger partial charge >= 0.3 is 0 Å². The van der Waals surface area contributed by atoms with Gasteiger partial charge in [0.2, 0.25) is 0 Å². The molecule has 1 aliphatic carbocycles. The first-order valence-corrected chi connectivity index (χ1v) is 10.8. The lowest BCUT2D eigenvalue weighted by atomic mass is 9.91. The van der Waals surface area contributed by atoms with Crippen molar-refractivity contribution in [1.82, 2.24) is 18.9 Å². The predicted molar refractivity (Wildman–Crippen MR) is 101 cm³/mol. The number of hydrogen-bond donors (Lipinski definition) is 1. The molecule has 10 heteroatoms. The zero-order valence-corrected chi connectivity index (χ0v) is 16.2. The molecule has 142 valence electrons.